The van der Waals surface area contributed by atoms with Crippen LogP contribution in [-0.4, -0.2) is 28.1 Å². The maximum Gasteiger partial charge on any atom is 0.231 e. The number of benzene rings is 3. The number of fused-ring (bicyclic) bond motifs is 1. The van der Waals surface area contributed by atoms with E-state index in [0.717, 1.165) is 98.9 Å². The average molecular weight is 684 g/mol. The lowest BCUT2D eigenvalue weighted by Crippen LogP contribution is -2.25. The second-order valence-electron chi connectivity index (χ2n) is 12.0. The monoisotopic (exact) mass is 683 g/mol. The number of pyridine rings is 1. The minimum absolute atomic E-state index is 0.560. The molecule has 2 N–H and O–H groups in total. The molecule has 0 aliphatic carbocycles. The number of unbranched alkanes of at least 4 members (excludes halogenated alkanes) is 2. The molecule has 0 spiro atoms. The molecule has 0 radical (unpaired) electrons. The van der Waals surface area contributed by atoms with Gasteiger partial charge in [0.2, 0.25) is 5.13 Å². The second kappa shape index (κ2) is 17.0. The highest BCUT2D eigenvalue weighted by atomic mass is 32.2. The van der Waals surface area contributed by atoms with Gasteiger partial charge in [0.1, 0.15) is 11.5 Å². The molecular formula is C37H45N7O2S2. The fourth-order valence-corrected chi connectivity index (χ4v) is 6.49. The van der Waals surface area contributed by atoms with Crippen LogP contribution in [-0.2, 0) is 9.32 Å². The van der Waals surface area contributed by atoms with Crippen LogP contribution < -0.4 is 10.6 Å². The normalized spacial score (nSPS) is 11.7. The molecule has 5 rings (SSSR count). The number of aromatic nitrogens is 2. The third kappa shape index (κ3) is 9.18. The Labute approximate surface area is 292 Å². The van der Waals surface area contributed by atoms with Gasteiger partial charge in [-0.1, -0.05) is 74.4 Å². The molecule has 0 saturated heterocycles. The molecule has 48 heavy (non-hydrogen) atoms. The lowest BCUT2D eigenvalue weighted by molar-refractivity contribution is -0.360. The minimum Gasteiger partial charge on any atom is -0.340 e. The van der Waals surface area contributed by atoms with Gasteiger partial charge in [-0.05, 0) is 99.5 Å². The van der Waals surface area contributed by atoms with Crippen molar-refractivity contribution in [1.29, 1.82) is 0 Å². The molecule has 0 saturated carbocycles. The number of hydrogen-bond acceptors (Lipinski definition) is 11. The van der Waals surface area contributed by atoms with Gasteiger partial charge in [-0.15, -0.1) is 19.6 Å². The van der Waals surface area contributed by atoms with Gasteiger partial charge in [0.05, 0.1) is 22.3 Å². The molecule has 11 heteroatoms. The summed E-state index contributed by atoms with van der Waals surface area (Å²) in [5.41, 5.74) is 9.00. The smallest absolute Gasteiger partial charge is 0.231 e. The van der Waals surface area contributed by atoms with Gasteiger partial charge < -0.3 is 10.6 Å². The van der Waals surface area contributed by atoms with Crippen LogP contribution in [0.4, 0.5) is 33.8 Å². The summed E-state index contributed by atoms with van der Waals surface area (Å²) in [5, 5.41) is 18.9. The SMILES string of the molecule is CCCCN(CCCC)OOSc1ccc2sc(N=Nc3c(C)cc(Nc4c(C)cccc4C)nc3Nc3c(C)cccc3C)nc2c1. The van der Waals surface area contributed by atoms with Crippen LogP contribution in [0, 0.1) is 34.6 Å². The van der Waals surface area contributed by atoms with Crippen molar-refractivity contribution in [1.82, 2.24) is 15.0 Å². The van der Waals surface area contributed by atoms with Crippen LogP contribution >= 0.6 is 23.4 Å². The van der Waals surface area contributed by atoms with Gasteiger partial charge in [-0.3, -0.25) is 0 Å². The largest absolute Gasteiger partial charge is 0.340 e. The van der Waals surface area contributed by atoms with Gasteiger partial charge in [-0.2, -0.15) is 5.06 Å². The van der Waals surface area contributed by atoms with E-state index in [1.54, 1.807) is 0 Å². The number of rotatable bonds is 16. The summed E-state index contributed by atoms with van der Waals surface area (Å²) in [6.07, 6.45) is 4.34. The molecule has 9 nitrogen and oxygen atoms in total. The van der Waals surface area contributed by atoms with E-state index in [9.17, 15) is 0 Å². The molecule has 2 heterocycles. The molecule has 0 aliphatic rings. The molecule has 0 aliphatic heterocycles. The van der Waals surface area contributed by atoms with Crippen LogP contribution in [0.5, 0.6) is 0 Å². The van der Waals surface area contributed by atoms with Crippen LogP contribution in [0.3, 0.4) is 0 Å². The highest BCUT2D eigenvalue weighted by Gasteiger charge is 2.15. The van der Waals surface area contributed by atoms with Crippen molar-refractivity contribution in [3.05, 3.63) is 88.5 Å². The molecular weight excluding hydrogens is 639 g/mol. The van der Waals surface area contributed by atoms with Crippen molar-refractivity contribution in [2.24, 2.45) is 10.2 Å². The van der Waals surface area contributed by atoms with E-state index in [4.69, 9.17) is 24.4 Å². The number of thiazole rings is 1. The summed E-state index contributed by atoms with van der Waals surface area (Å²) in [6, 6.07) is 20.5. The molecule has 0 bridgehead atoms. The first kappa shape index (κ1) is 35.4. The summed E-state index contributed by atoms with van der Waals surface area (Å²) < 4.78 is 6.56. The average Bonchev–Trinajstić information content (AvgIpc) is 3.47. The molecule has 0 fully saturated rings. The lowest BCUT2D eigenvalue weighted by atomic mass is 10.1. The van der Waals surface area contributed by atoms with Gasteiger partial charge in [0.25, 0.3) is 0 Å². The highest BCUT2D eigenvalue weighted by molar-refractivity contribution is 7.94. The van der Waals surface area contributed by atoms with Crippen molar-refractivity contribution in [2.45, 2.75) is 79.0 Å². The minimum atomic E-state index is 0.560. The fourth-order valence-electron chi connectivity index (χ4n) is 5.25. The van der Waals surface area contributed by atoms with E-state index >= 15 is 0 Å². The quantitative estimate of drug-likeness (QED) is 0.0459. The first-order valence-corrected chi connectivity index (χ1v) is 18.1. The van der Waals surface area contributed by atoms with Crippen LogP contribution in [0.2, 0.25) is 0 Å². The van der Waals surface area contributed by atoms with Crippen LogP contribution in [0.1, 0.15) is 67.3 Å². The van der Waals surface area contributed by atoms with E-state index in [2.05, 4.69) is 93.7 Å². The number of nitrogens with zero attached hydrogens (tertiary/aromatic N) is 5. The highest BCUT2D eigenvalue weighted by Crippen LogP contribution is 2.38. The Morgan fingerprint density at radius 1 is 0.750 bits per heavy atom. The molecule has 252 valence electrons. The summed E-state index contributed by atoms with van der Waals surface area (Å²) >= 11 is 2.67. The van der Waals surface area contributed by atoms with Gasteiger partial charge in [0.15, 0.2) is 5.82 Å². The zero-order valence-electron chi connectivity index (χ0n) is 28.9. The number of aryl methyl sites for hydroxylation is 5. The first-order valence-electron chi connectivity index (χ1n) is 16.5. The van der Waals surface area contributed by atoms with Crippen molar-refractivity contribution in [2.75, 3.05) is 23.7 Å². The number of para-hydroxylation sites is 2. The fraction of sp³-hybridized carbons (Fsp3) is 0.351. The first-order chi connectivity index (χ1) is 23.2. The Kier molecular flexibility index (Phi) is 12.5. The van der Waals surface area contributed by atoms with Crippen molar-refractivity contribution < 1.29 is 9.32 Å². The molecule has 0 unspecified atom stereocenters. The Morgan fingerprint density at radius 2 is 1.38 bits per heavy atom. The second-order valence-corrected chi connectivity index (χ2v) is 13.8. The molecule has 0 amide bonds. The number of anilines is 4. The van der Waals surface area contributed by atoms with E-state index < -0.39 is 0 Å². The molecule has 0 atom stereocenters. The number of azo groups is 1. The Balaban J connectivity index is 1.38. The standard InChI is InChI=1S/C37H45N7O2S2/c1-8-10-20-44(21-11-9-2)45-46-48-29-18-19-31-30(23-29)38-37(47-31)43-42-35-28(7)22-32(39-33-24(3)14-12-15-25(33)4)40-36(35)41-34-26(5)16-13-17-27(34)6/h12-19,22-23H,8-11,20-21H2,1-7H3,(H2,39,40,41). The topological polar surface area (TPSA) is 96.3 Å². The number of nitrogens with one attached hydrogen (secondary N) is 2. The maximum atomic E-state index is 5.62. The number of hydroxylamine groups is 2. The Bertz CT molecular complexity index is 1830. The van der Waals surface area contributed by atoms with Crippen LogP contribution in [0.15, 0.2) is 75.8 Å². The Morgan fingerprint density at radius 3 is 2.00 bits per heavy atom. The van der Waals surface area contributed by atoms with E-state index in [-0.39, 0.29) is 0 Å². The third-order valence-corrected chi connectivity index (χ3v) is 9.51. The van der Waals surface area contributed by atoms with Crippen molar-refractivity contribution in [3.8, 4) is 0 Å². The zero-order chi connectivity index (χ0) is 34.0. The number of hydrogen-bond donors (Lipinski definition) is 2. The molecule has 2 aromatic heterocycles. The van der Waals surface area contributed by atoms with Crippen molar-refractivity contribution in [3.63, 3.8) is 0 Å². The third-order valence-electron chi connectivity index (χ3n) is 8.01. The van der Waals surface area contributed by atoms with Crippen molar-refractivity contribution >= 4 is 67.4 Å². The summed E-state index contributed by atoms with van der Waals surface area (Å²) in [6.45, 7) is 16.4. The maximum absolute atomic E-state index is 5.62. The van der Waals surface area contributed by atoms with Gasteiger partial charge in [-0.25, -0.2) is 9.97 Å². The molecule has 3 aromatic carbocycles. The zero-order valence-corrected chi connectivity index (χ0v) is 30.5. The van der Waals surface area contributed by atoms with E-state index in [0.29, 0.717) is 16.6 Å². The molecule has 5 aromatic rings. The lowest BCUT2D eigenvalue weighted by Gasteiger charge is -2.18. The van der Waals surface area contributed by atoms with Crippen LogP contribution in [0.25, 0.3) is 10.2 Å². The van der Waals surface area contributed by atoms with Gasteiger partial charge >= 0.3 is 0 Å². The van der Waals surface area contributed by atoms with Gasteiger partial charge in [0, 0.05) is 29.4 Å². The predicted molar refractivity (Wildman–Crippen MR) is 201 cm³/mol. The summed E-state index contributed by atoms with van der Waals surface area (Å²) in [4.78, 5) is 16.3. The Hall–Kier alpha value is -3.87. The summed E-state index contributed by atoms with van der Waals surface area (Å²) in [5.74, 6) is 1.35. The van der Waals surface area contributed by atoms with E-state index in [1.807, 2.05) is 36.3 Å². The van der Waals surface area contributed by atoms with E-state index in [1.165, 1.54) is 23.4 Å². The summed E-state index contributed by atoms with van der Waals surface area (Å²) in [7, 11) is 0. The predicted octanol–water partition coefficient (Wildman–Crippen LogP) is 11.9.